The van der Waals surface area contributed by atoms with E-state index in [0.29, 0.717) is 0 Å². The molecule has 8 nitrogen and oxygen atoms in total. The van der Waals surface area contributed by atoms with Crippen LogP contribution in [0.1, 0.15) is 20.8 Å². The topological polar surface area (TPSA) is 100 Å². The molecule has 0 spiro atoms. The fourth-order valence-corrected chi connectivity index (χ4v) is 2.43. The number of ether oxygens (including phenoxy) is 4. The molecule has 5 atom stereocenters. The molecule has 20 heavy (non-hydrogen) atoms. The normalized spacial score (nSPS) is 35.2. The second-order valence-electron chi connectivity index (χ2n) is 4.75. The minimum Gasteiger partial charge on any atom is -0.456 e. The minimum absolute atomic E-state index is 0.227. The van der Waals surface area contributed by atoms with Crippen LogP contribution in [-0.2, 0) is 33.3 Å². The molecule has 0 aromatic rings. The Morgan fingerprint density at radius 2 is 1.65 bits per heavy atom. The highest BCUT2D eigenvalue weighted by Gasteiger charge is 2.54. The van der Waals surface area contributed by atoms with E-state index in [2.05, 4.69) is 5.32 Å². The number of fused-ring (bicyclic) bond motifs is 2. The highest BCUT2D eigenvalue weighted by molar-refractivity contribution is 5.73. The predicted molar refractivity (Wildman–Crippen MR) is 63.3 cm³/mol. The van der Waals surface area contributed by atoms with E-state index >= 15 is 0 Å². The van der Waals surface area contributed by atoms with Gasteiger partial charge < -0.3 is 24.3 Å². The molecular weight excluding hydrogens is 270 g/mol. The molecule has 2 fully saturated rings. The Bertz CT molecular complexity index is 394. The van der Waals surface area contributed by atoms with E-state index in [9.17, 15) is 14.4 Å². The van der Waals surface area contributed by atoms with Gasteiger partial charge in [0.05, 0.1) is 12.6 Å². The molecule has 2 bridgehead atoms. The van der Waals surface area contributed by atoms with Crippen molar-refractivity contribution in [3.05, 3.63) is 0 Å². The van der Waals surface area contributed by atoms with Crippen LogP contribution in [0.2, 0.25) is 0 Å². The Hall–Kier alpha value is -1.67. The quantitative estimate of drug-likeness (QED) is 0.672. The number of hydrogen-bond donors (Lipinski definition) is 1. The van der Waals surface area contributed by atoms with Gasteiger partial charge >= 0.3 is 11.9 Å². The first-order valence-corrected chi connectivity index (χ1v) is 6.27. The Labute approximate surface area is 115 Å². The lowest BCUT2D eigenvalue weighted by Crippen LogP contribution is -2.62. The molecule has 8 heteroatoms. The van der Waals surface area contributed by atoms with E-state index in [1.54, 1.807) is 0 Å². The highest BCUT2D eigenvalue weighted by Crippen LogP contribution is 2.32. The van der Waals surface area contributed by atoms with Crippen molar-refractivity contribution in [2.75, 3.05) is 6.61 Å². The second-order valence-corrected chi connectivity index (χ2v) is 4.75. The van der Waals surface area contributed by atoms with Gasteiger partial charge in [0.2, 0.25) is 5.91 Å². The van der Waals surface area contributed by atoms with E-state index in [4.69, 9.17) is 18.9 Å². The van der Waals surface area contributed by atoms with Crippen LogP contribution in [0.3, 0.4) is 0 Å². The van der Waals surface area contributed by atoms with Gasteiger partial charge in [-0.1, -0.05) is 0 Å². The number of hydrogen-bond acceptors (Lipinski definition) is 7. The number of esters is 2. The van der Waals surface area contributed by atoms with Gasteiger partial charge in [-0.2, -0.15) is 0 Å². The number of nitrogens with one attached hydrogen (secondary N) is 1. The lowest BCUT2D eigenvalue weighted by atomic mass is 9.97. The van der Waals surface area contributed by atoms with Crippen molar-refractivity contribution in [1.29, 1.82) is 0 Å². The highest BCUT2D eigenvalue weighted by atomic mass is 16.8. The summed E-state index contributed by atoms with van der Waals surface area (Å²) in [6, 6.07) is -0.625. The van der Waals surface area contributed by atoms with Crippen molar-refractivity contribution < 1.29 is 33.3 Å². The fraction of sp³-hybridized carbons (Fsp3) is 0.750. The SMILES string of the molecule is CC(=O)N[C@H]1[C@@H](OC(C)=O)[C@H](OC(C)=O)[C@@H]2OC[C@H]1O2. The van der Waals surface area contributed by atoms with Gasteiger partial charge in [-0.3, -0.25) is 14.4 Å². The van der Waals surface area contributed by atoms with Gasteiger partial charge in [-0.05, 0) is 0 Å². The summed E-state index contributed by atoms with van der Waals surface area (Å²) in [4.78, 5) is 33.7. The van der Waals surface area contributed by atoms with Crippen LogP contribution >= 0.6 is 0 Å². The maximum Gasteiger partial charge on any atom is 0.303 e. The van der Waals surface area contributed by atoms with Crippen molar-refractivity contribution in [3.63, 3.8) is 0 Å². The van der Waals surface area contributed by atoms with Crippen LogP contribution in [-0.4, -0.2) is 55.1 Å². The van der Waals surface area contributed by atoms with Crippen LogP contribution in [0, 0.1) is 0 Å². The average Bonchev–Trinajstić information content (AvgIpc) is 2.74. The molecule has 1 N–H and O–H groups in total. The van der Waals surface area contributed by atoms with Crippen LogP contribution in [0.4, 0.5) is 0 Å². The van der Waals surface area contributed by atoms with E-state index in [-0.39, 0.29) is 12.5 Å². The molecule has 0 radical (unpaired) electrons. The van der Waals surface area contributed by atoms with Crippen molar-refractivity contribution in [1.82, 2.24) is 5.32 Å². The third kappa shape index (κ3) is 3.07. The van der Waals surface area contributed by atoms with Crippen LogP contribution in [0.15, 0.2) is 0 Å². The Kier molecular flexibility index (Phi) is 4.24. The predicted octanol–water partition coefficient (Wildman–Crippen LogP) is -0.890. The van der Waals surface area contributed by atoms with Gasteiger partial charge in [0.25, 0.3) is 0 Å². The van der Waals surface area contributed by atoms with E-state index in [1.807, 2.05) is 0 Å². The maximum atomic E-state index is 11.3. The molecule has 0 unspecified atom stereocenters. The van der Waals surface area contributed by atoms with Crippen molar-refractivity contribution >= 4 is 17.8 Å². The zero-order chi connectivity index (χ0) is 14.9. The molecule has 0 aromatic carbocycles. The Morgan fingerprint density at radius 1 is 1.05 bits per heavy atom. The zero-order valence-corrected chi connectivity index (χ0v) is 11.5. The number of amides is 1. The summed E-state index contributed by atoms with van der Waals surface area (Å²) in [5, 5.41) is 2.66. The molecule has 2 aliphatic rings. The lowest BCUT2D eigenvalue weighted by molar-refractivity contribution is -0.227. The molecule has 0 aliphatic carbocycles. The first-order valence-electron chi connectivity index (χ1n) is 6.27. The second kappa shape index (κ2) is 5.76. The minimum atomic E-state index is -0.910. The summed E-state index contributed by atoms with van der Waals surface area (Å²) >= 11 is 0. The van der Waals surface area contributed by atoms with Gasteiger partial charge in [-0.15, -0.1) is 0 Å². The van der Waals surface area contributed by atoms with Crippen LogP contribution in [0.25, 0.3) is 0 Å². The summed E-state index contributed by atoms with van der Waals surface area (Å²) in [6.07, 6.45) is -2.99. The smallest absolute Gasteiger partial charge is 0.303 e. The van der Waals surface area contributed by atoms with Gasteiger partial charge in [0.15, 0.2) is 18.5 Å². The van der Waals surface area contributed by atoms with Crippen molar-refractivity contribution in [2.45, 2.75) is 51.4 Å². The first kappa shape index (κ1) is 14.7. The molecule has 0 aromatic heterocycles. The summed E-state index contributed by atoms with van der Waals surface area (Å²) in [7, 11) is 0. The third-order valence-electron chi connectivity index (χ3n) is 3.05. The molecular formula is C12H17NO7. The molecule has 2 aliphatic heterocycles. The Morgan fingerprint density at radius 3 is 2.20 bits per heavy atom. The fourth-order valence-electron chi connectivity index (χ4n) is 2.43. The van der Waals surface area contributed by atoms with Gasteiger partial charge in [0.1, 0.15) is 6.10 Å². The number of carbonyl (C=O) groups excluding carboxylic acids is 3. The van der Waals surface area contributed by atoms with Gasteiger partial charge in [0, 0.05) is 20.8 Å². The monoisotopic (exact) mass is 287 g/mol. The van der Waals surface area contributed by atoms with Crippen molar-refractivity contribution in [2.24, 2.45) is 0 Å². The van der Waals surface area contributed by atoms with E-state index < -0.39 is 42.6 Å². The molecule has 1 amide bonds. The van der Waals surface area contributed by atoms with Crippen molar-refractivity contribution in [3.8, 4) is 0 Å². The summed E-state index contributed by atoms with van der Waals surface area (Å²) in [5.74, 6) is -1.39. The number of carbonyl (C=O) groups is 3. The maximum absolute atomic E-state index is 11.3. The summed E-state index contributed by atoms with van der Waals surface area (Å²) < 4.78 is 21.2. The van der Waals surface area contributed by atoms with Gasteiger partial charge in [-0.25, -0.2) is 0 Å². The van der Waals surface area contributed by atoms with E-state index in [1.165, 1.54) is 20.8 Å². The lowest BCUT2D eigenvalue weighted by Gasteiger charge is -2.39. The molecule has 2 saturated heterocycles. The third-order valence-corrected chi connectivity index (χ3v) is 3.05. The Balaban J connectivity index is 2.24. The average molecular weight is 287 g/mol. The first-order chi connectivity index (χ1) is 9.38. The standard InChI is InChI=1S/C12H17NO7/c1-5(14)13-9-8-4-17-12(20-8)11(19-7(3)16)10(9)18-6(2)15/h8-12H,4H2,1-3H3,(H,13,14)/t8-,9-,10-,11+,12-/m1/s1. The van der Waals surface area contributed by atoms with Crippen LogP contribution < -0.4 is 5.32 Å². The number of rotatable bonds is 3. The zero-order valence-electron chi connectivity index (χ0n) is 11.5. The molecule has 2 heterocycles. The molecule has 0 saturated carbocycles. The molecule has 112 valence electrons. The summed E-state index contributed by atoms with van der Waals surface area (Å²) in [6.45, 7) is 4.05. The summed E-state index contributed by atoms with van der Waals surface area (Å²) in [5.41, 5.74) is 0. The van der Waals surface area contributed by atoms with E-state index in [0.717, 1.165) is 0 Å². The molecule has 2 rings (SSSR count). The largest absolute Gasteiger partial charge is 0.456 e. The van der Waals surface area contributed by atoms with Crippen LogP contribution in [0.5, 0.6) is 0 Å².